The summed E-state index contributed by atoms with van der Waals surface area (Å²) in [6.45, 7) is 0. The predicted molar refractivity (Wildman–Crippen MR) is 56.6 cm³/mol. The largest absolute Gasteiger partial charge is 0.369 e. The van der Waals surface area contributed by atoms with Crippen molar-refractivity contribution in [2.24, 2.45) is 0 Å². The van der Waals surface area contributed by atoms with E-state index in [1.54, 1.807) is 0 Å². The van der Waals surface area contributed by atoms with E-state index in [1.165, 1.54) is 0 Å². The third-order valence-electron chi connectivity index (χ3n) is 0. The van der Waals surface area contributed by atoms with Gasteiger partial charge >= 0.3 is 71.6 Å². The van der Waals surface area contributed by atoms with E-state index in [0.29, 0.717) is 0 Å². The molecule has 2 nitrogen and oxygen atoms in total. The molecule has 62 valence electrons. The summed E-state index contributed by atoms with van der Waals surface area (Å²) >= 11 is 16.7. The molecule has 0 saturated carbocycles. The molecule has 0 bridgehead atoms. The van der Waals surface area contributed by atoms with Crippen molar-refractivity contribution in [1.29, 1.82) is 0 Å². The van der Waals surface area contributed by atoms with Gasteiger partial charge in [-0.25, -0.2) is 0 Å². The zero-order chi connectivity index (χ0) is 5.45. The molecule has 0 aromatic rings. The van der Waals surface area contributed by atoms with Gasteiger partial charge < -0.3 is 12.3 Å². The molecule has 8 N–H and O–H groups in total. The van der Waals surface area contributed by atoms with Crippen molar-refractivity contribution >= 4 is 67.5 Å². The summed E-state index contributed by atoms with van der Waals surface area (Å²) < 4.78 is -2.54. The van der Waals surface area contributed by atoms with E-state index in [0.717, 1.165) is 0 Å². The molecule has 0 amide bonds. The number of halogens is 5. The minimum Gasteiger partial charge on any atom is -0.369 e. The SMILES string of the molecule is [Br][Ir-2]([Br])([Br])([Br])[Br].[NH4+].[NH4+]. The van der Waals surface area contributed by atoms with Crippen LogP contribution >= 0.6 is 67.5 Å². The number of hydrogen-bond acceptors (Lipinski definition) is 0. The van der Waals surface area contributed by atoms with Crippen molar-refractivity contribution in [2.75, 3.05) is 0 Å². The number of rotatable bonds is 0. The standard InChI is InChI=1S/5BrH.Ir.2H3N/h5*1H;;2*1H3/q;;;;;+3;;/p-3. The summed E-state index contributed by atoms with van der Waals surface area (Å²) in [6, 6.07) is 0. The van der Waals surface area contributed by atoms with Crippen molar-refractivity contribution < 1.29 is 4.09 Å². The van der Waals surface area contributed by atoms with Gasteiger partial charge in [0.05, 0.1) is 0 Å². The van der Waals surface area contributed by atoms with Crippen LogP contribution in [0, 0.1) is 0 Å². The zero-order valence-electron chi connectivity index (χ0n) is 4.22. The molecule has 0 unspecified atom stereocenters. The van der Waals surface area contributed by atoms with Gasteiger partial charge in [0.1, 0.15) is 0 Å². The Labute approximate surface area is 82.2 Å². The third-order valence-corrected chi connectivity index (χ3v) is 0. The van der Waals surface area contributed by atoms with Crippen molar-refractivity contribution in [1.82, 2.24) is 12.3 Å². The zero-order valence-corrected chi connectivity index (χ0v) is 14.5. The smallest absolute Gasteiger partial charge is 0.369 e. The van der Waals surface area contributed by atoms with E-state index in [9.17, 15) is 0 Å². The first-order valence-electron chi connectivity index (χ1n) is 0.630. The molecule has 0 heterocycles. The predicted octanol–water partition coefficient (Wildman–Crippen LogP) is 4.98. The second kappa shape index (κ2) is 4.77. The maximum atomic E-state index is 3.34. The Kier molecular flexibility index (Phi) is 10.2. The fraction of sp³-hybridized carbons (Fsp3) is 0. The van der Waals surface area contributed by atoms with E-state index in [2.05, 4.69) is 67.5 Å². The van der Waals surface area contributed by atoms with E-state index >= 15 is 0 Å². The summed E-state index contributed by atoms with van der Waals surface area (Å²) in [4.78, 5) is 0. The summed E-state index contributed by atoms with van der Waals surface area (Å²) in [6.07, 6.45) is 0. The van der Waals surface area contributed by atoms with Gasteiger partial charge in [-0.1, -0.05) is 0 Å². The minimum absolute atomic E-state index is 0. The Morgan fingerprint density at radius 3 is 0.625 bits per heavy atom. The molecular weight excluding hydrogens is 620 g/mol. The first-order chi connectivity index (χ1) is 2.24. The summed E-state index contributed by atoms with van der Waals surface area (Å²) in [7, 11) is 0. The molecule has 0 saturated heterocycles. The Bertz CT molecular complexity index is 43.6. The van der Waals surface area contributed by atoms with Crippen LogP contribution in [0.25, 0.3) is 0 Å². The summed E-state index contributed by atoms with van der Waals surface area (Å²) in [5, 5.41) is 0. The molecule has 8 heavy (non-hydrogen) atoms. The van der Waals surface area contributed by atoms with E-state index in [1.807, 2.05) is 0 Å². The monoisotopic (exact) mass is 624 g/mol. The van der Waals surface area contributed by atoms with Crippen molar-refractivity contribution in [3.8, 4) is 0 Å². The maximum Gasteiger partial charge on any atom is -0.369 e. The number of quaternary nitrogens is 2. The van der Waals surface area contributed by atoms with Crippen LogP contribution in [0.15, 0.2) is 0 Å². The van der Waals surface area contributed by atoms with Crippen LogP contribution in [-0.4, -0.2) is 0 Å². The number of hydrogen-bond donors (Lipinski definition) is 2. The average Bonchev–Trinajstić information content (AvgIpc) is 0.650. The molecule has 0 fully saturated rings. The molecule has 0 atom stereocenters. The summed E-state index contributed by atoms with van der Waals surface area (Å²) in [5.41, 5.74) is 0. The van der Waals surface area contributed by atoms with Crippen molar-refractivity contribution in [3.63, 3.8) is 0 Å². The van der Waals surface area contributed by atoms with Gasteiger partial charge in [-0.05, 0) is 0 Å². The van der Waals surface area contributed by atoms with E-state index in [-0.39, 0.29) is 12.3 Å². The van der Waals surface area contributed by atoms with Crippen LogP contribution in [-0.2, 0) is 4.09 Å². The Morgan fingerprint density at radius 1 is 0.625 bits per heavy atom. The first kappa shape index (κ1) is 17.2. The van der Waals surface area contributed by atoms with Gasteiger partial charge in [0.25, 0.3) is 0 Å². The topological polar surface area (TPSA) is 73.0 Å². The van der Waals surface area contributed by atoms with E-state index in [4.69, 9.17) is 0 Å². The molecule has 0 radical (unpaired) electrons. The minimum atomic E-state index is -2.54. The normalized spacial score (nSPS) is 14.4. The van der Waals surface area contributed by atoms with Gasteiger partial charge in [-0.2, -0.15) is 0 Å². The second-order valence-corrected chi connectivity index (χ2v) is 105. The van der Waals surface area contributed by atoms with Crippen LogP contribution in [0.1, 0.15) is 0 Å². The van der Waals surface area contributed by atoms with Crippen LogP contribution < -0.4 is 12.3 Å². The van der Waals surface area contributed by atoms with Crippen LogP contribution in [0.2, 0.25) is 0 Å². The third kappa shape index (κ3) is 64.6. The van der Waals surface area contributed by atoms with E-state index < -0.39 is 4.09 Å². The van der Waals surface area contributed by atoms with Gasteiger partial charge in [-0.3, -0.25) is 0 Å². The molecule has 0 rings (SSSR count). The first-order valence-corrected chi connectivity index (χ1v) is 26.8. The molecule has 0 aliphatic rings. The molecule has 0 aromatic carbocycles. The van der Waals surface area contributed by atoms with Crippen molar-refractivity contribution in [2.45, 2.75) is 0 Å². The quantitative estimate of drug-likeness (QED) is 0.381. The fourth-order valence-corrected chi connectivity index (χ4v) is 0. The van der Waals surface area contributed by atoms with Crippen molar-refractivity contribution in [3.05, 3.63) is 0 Å². The molecule has 0 aliphatic heterocycles. The van der Waals surface area contributed by atoms with Gasteiger partial charge in [0.2, 0.25) is 0 Å². The Morgan fingerprint density at radius 2 is 0.625 bits per heavy atom. The molecule has 0 aliphatic carbocycles. The van der Waals surface area contributed by atoms with Gasteiger partial charge in [-0.15, -0.1) is 0 Å². The molecule has 0 spiro atoms. The Balaban J connectivity index is -0.000000125. The van der Waals surface area contributed by atoms with Crippen LogP contribution in [0.5, 0.6) is 0 Å². The maximum absolute atomic E-state index is 3.34. The average molecular weight is 628 g/mol. The Hall–Kier alpha value is 2.97. The van der Waals surface area contributed by atoms with Crippen LogP contribution in [0.4, 0.5) is 0 Å². The second-order valence-electron chi connectivity index (χ2n) is 0.476. The summed E-state index contributed by atoms with van der Waals surface area (Å²) in [5.74, 6) is 0. The van der Waals surface area contributed by atoms with Crippen LogP contribution in [0.3, 0.4) is 0 Å². The molecule has 0 aromatic heterocycles. The van der Waals surface area contributed by atoms with Gasteiger partial charge in [0.15, 0.2) is 0 Å². The molecular formula is H8Br5IrN2. The van der Waals surface area contributed by atoms with Gasteiger partial charge in [0, 0.05) is 0 Å². The fourth-order valence-electron chi connectivity index (χ4n) is 0. The molecule has 8 heteroatoms.